The molecule has 5 amide bonds. The molecule has 0 aromatic rings. The number of rotatable bonds is 29. The van der Waals surface area contributed by atoms with Crippen LogP contribution in [0.1, 0.15) is 26.2 Å². The third kappa shape index (κ3) is 20.2. The minimum atomic E-state index is -0.834. The second-order valence-corrected chi connectivity index (χ2v) is 11.4. The average Bonchev–Trinajstić information content (AvgIpc) is 3.30. The van der Waals surface area contributed by atoms with E-state index in [1.807, 2.05) is 0 Å². The van der Waals surface area contributed by atoms with Crippen LogP contribution in [0, 0.1) is 0 Å². The number of hydrogen-bond acceptors (Lipinski definition) is 15. The molecule has 17 nitrogen and oxygen atoms in total. The Hall–Kier alpha value is -2.07. The first-order valence-electron chi connectivity index (χ1n) is 15.0. The molecular weight excluding hydrogens is 648 g/mol. The molecule has 1 aliphatic heterocycles. The number of likely N-dealkylation sites (tertiary alicyclic amines) is 1. The number of ketones is 1. The zero-order chi connectivity index (χ0) is 34.0. The lowest BCUT2D eigenvalue weighted by Gasteiger charge is -2.16. The van der Waals surface area contributed by atoms with Crippen LogP contribution in [0.25, 0.3) is 0 Å². The van der Waals surface area contributed by atoms with E-state index in [0.29, 0.717) is 78.8 Å². The van der Waals surface area contributed by atoms with Gasteiger partial charge >= 0.3 is 6.03 Å². The Morgan fingerprint density at radius 1 is 0.913 bits per heavy atom. The van der Waals surface area contributed by atoms with Crippen LogP contribution < -0.4 is 22.2 Å². The van der Waals surface area contributed by atoms with Crippen LogP contribution in [-0.2, 0) is 47.6 Å². The van der Waals surface area contributed by atoms with Gasteiger partial charge in [0.1, 0.15) is 12.6 Å². The zero-order valence-electron chi connectivity index (χ0n) is 26.5. The molecule has 46 heavy (non-hydrogen) atoms. The highest BCUT2D eigenvalue weighted by atomic mass is 32.2. The number of ether oxygens (including phenoxy) is 6. The molecule has 0 aliphatic carbocycles. The van der Waals surface area contributed by atoms with Crippen LogP contribution in [0.4, 0.5) is 4.79 Å². The highest BCUT2D eigenvalue weighted by Gasteiger charge is 2.38. The van der Waals surface area contributed by atoms with Crippen molar-refractivity contribution < 1.29 is 52.4 Å². The van der Waals surface area contributed by atoms with Crippen LogP contribution in [0.3, 0.4) is 0 Å². The topological polar surface area (TPSA) is 223 Å². The Morgan fingerprint density at radius 2 is 1.43 bits per heavy atom. The first-order valence-corrected chi connectivity index (χ1v) is 16.7. The van der Waals surface area contributed by atoms with Gasteiger partial charge in [0.2, 0.25) is 17.7 Å². The van der Waals surface area contributed by atoms with Crippen LogP contribution in [0.5, 0.6) is 0 Å². The Kier molecular flexibility index (Phi) is 24.6. The third-order valence-corrected chi connectivity index (χ3v) is 7.69. The van der Waals surface area contributed by atoms with E-state index in [1.165, 1.54) is 23.6 Å². The predicted molar refractivity (Wildman–Crippen MR) is 172 cm³/mol. The second-order valence-electron chi connectivity index (χ2n) is 9.84. The van der Waals surface area contributed by atoms with Crippen molar-refractivity contribution in [3.05, 3.63) is 0 Å². The van der Waals surface area contributed by atoms with Gasteiger partial charge in [-0.15, -0.1) is 11.8 Å². The number of Topliss-reactive ketones (excluding diaryl/α,β-unsaturated/α-hetero) is 1. The first kappa shape index (κ1) is 42.0. The number of nitrogens with one attached hydrogen (secondary N) is 2. The summed E-state index contributed by atoms with van der Waals surface area (Å²) >= 11 is 5.08. The van der Waals surface area contributed by atoms with Crippen LogP contribution in [-0.4, -0.2) is 155 Å². The molecular formula is C27H50N6O11S2. The maximum atomic E-state index is 12.5. The summed E-state index contributed by atoms with van der Waals surface area (Å²) in [5.41, 5.74) is 5.94. The number of thiol groups is 1. The van der Waals surface area contributed by atoms with Crippen molar-refractivity contribution in [1.82, 2.24) is 20.5 Å². The van der Waals surface area contributed by atoms with Crippen molar-refractivity contribution >= 4 is 53.9 Å². The first-order chi connectivity index (χ1) is 22.2. The van der Waals surface area contributed by atoms with E-state index in [9.17, 15) is 24.0 Å². The van der Waals surface area contributed by atoms with E-state index in [-0.39, 0.29) is 68.0 Å². The molecule has 0 radical (unpaired) electrons. The van der Waals surface area contributed by atoms with Crippen molar-refractivity contribution in [2.75, 3.05) is 104 Å². The SMILES string of the molecule is CC(=O)CCCN1C(=O)CC(SCC(N)C(=O)NCCOCCOCCOCOCCOCCOCCNC(=O)N(N)CS)C1=O. The molecule has 0 spiro atoms. The molecule has 0 bridgehead atoms. The van der Waals surface area contributed by atoms with E-state index >= 15 is 0 Å². The summed E-state index contributed by atoms with van der Waals surface area (Å²) in [6.45, 7) is 5.98. The lowest BCUT2D eigenvalue weighted by atomic mass is 10.2. The second kappa shape index (κ2) is 26.9. The van der Waals surface area contributed by atoms with Gasteiger partial charge in [-0.25, -0.2) is 10.6 Å². The number of nitrogens with two attached hydrogens (primary N) is 2. The van der Waals surface area contributed by atoms with Crippen molar-refractivity contribution in [2.45, 2.75) is 37.5 Å². The molecule has 1 heterocycles. The molecule has 1 aliphatic rings. The fourth-order valence-corrected chi connectivity index (χ4v) is 4.88. The van der Waals surface area contributed by atoms with Gasteiger partial charge < -0.3 is 49.6 Å². The molecule has 1 fully saturated rings. The van der Waals surface area contributed by atoms with E-state index in [2.05, 4.69) is 23.3 Å². The molecule has 0 aromatic carbocycles. The summed E-state index contributed by atoms with van der Waals surface area (Å²) in [4.78, 5) is 60.5. The summed E-state index contributed by atoms with van der Waals surface area (Å²) in [5, 5.41) is 5.64. The van der Waals surface area contributed by atoms with Gasteiger partial charge in [-0.2, -0.15) is 12.6 Å². The number of carbonyl (C=O) groups is 5. The Labute approximate surface area is 279 Å². The summed E-state index contributed by atoms with van der Waals surface area (Å²) < 4.78 is 32.1. The molecule has 19 heteroatoms. The molecule has 0 saturated carbocycles. The van der Waals surface area contributed by atoms with Gasteiger partial charge in [0.15, 0.2) is 0 Å². The summed E-state index contributed by atoms with van der Waals surface area (Å²) in [7, 11) is 0. The summed E-state index contributed by atoms with van der Waals surface area (Å²) in [6.07, 6.45) is 0.834. The molecule has 0 aromatic heterocycles. The van der Waals surface area contributed by atoms with E-state index < -0.39 is 17.3 Å². The van der Waals surface area contributed by atoms with Gasteiger partial charge in [0.05, 0.1) is 83.2 Å². The smallest absolute Gasteiger partial charge is 0.332 e. The minimum absolute atomic E-state index is 0.0111. The van der Waals surface area contributed by atoms with Gasteiger partial charge in [-0.1, -0.05) is 0 Å². The Morgan fingerprint density at radius 3 is 1.98 bits per heavy atom. The Bertz CT molecular complexity index is 908. The van der Waals surface area contributed by atoms with Crippen LogP contribution >= 0.6 is 24.4 Å². The molecule has 1 rings (SSSR count). The highest BCUT2D eigenvalue weighted by Crippen LogP contribution is 2.25. The number of hydrogen-bond donors (Lipinski definition) is 5. The van der Waals surface area contributed by atoms with Crippen molar-refractivity contribution in [1.29, 1.82) is 0 Å². The van der Waals surface area contributed by atoms with Gasteiger partial charge in [-0.05, 0) is 13.3 Å². The standard InChI is InChI=1S/C27H50N6O11S2/c1-21(34)3-2-6-32-24(35)17-23(26(32)37)46-18-22(28)25(36)30-4-7-39-9-11-41-13-15-43-20-44-16-14-42-12-10-40-8-5-31-27(38)33(29)19-45/h22-23,45H,2-20,28-29H2,1H3,(H,30,36)(H,31,38). The molecule has 2 unspecified atom stereocenters. The third-order valence-electron chi connectivity index (χ3n) is 6.06. The van der Waals surface area contributed by atoms with Crippen molar-refractivity contribution in [3.8, 4) is 0 Å². The van der Waals surface area contributed by atoms with Crippen molar-refractivity contribution in [2.24, 2.45) is 11.6 Å². The normalized spacial score (nSPS) is 15.3. The molecule has 6 N–H and O–H groups in total. The maximum absolute atomic E-state index is 12.5. The van der Waals surface area contributed by atoms with E-state index in [1.54, 1.807) is 0 Å². The fourth-order valence-electron chi connectivity index (χ4n) is 3.63. The van der Waals surface area contributed by atoms with Gasteiger partial charge in [-0.3, -0.25) is 24.3 Å². The number of thioether (sulfide) groups is 1. The maximum Gasteiger partial charge on any atom is 0.332 e. The zero-order valence-corrected chi connectivity index (χ0v) is 28.2. The summed E-state index contributed by atoms with van der Waals surface area (Å²) in [5.74, 6) is 4.76. The highest BCUT2D eigenvalue weighted by molar-refractivity contribution is 8.00. The fraction of sp³-hybridized carbons (Fsp3) is 0.815. The molecule has 2 atom stereocenters. The molecule has 266 valence electrons. The number of carbonyl (C=O) groups excluding carboxylic acids is 5. The Balaban J connectivity index is 1.86. The largest absolute Gasteiger partial charge is 0.377 e. The van der Waals surface area contributed by atoms with Crippen LogP contribution in [0.15, 0.2) is 0 Å². The quantitative estimate of drug-likeness (QED) is 0.0114. The number of imide groups is 1. The number of hydrazine groups is 1. The minimum Gasteiger partial charge on any atom is -0.377 e. The van der Waals surface area contributed by atoms with Gasteiger partial charge in [0.25, 0.3) is 0 Å². The number of urea groups is 1. The molecule has 1 saturated heterocycles. The lowest BCUT2D eigenvalue weighted by Crippen LogP contribution is -2.44. The van der Waals surface area contributed by atoms with E-state index in [4.69, 9.17) is 40.0 Å². The summed E-state index contributed by atoms with van der Waals surface area (Å²) in [6, 6.07) is -1.26. The number of amides is 5. The van der Waals surface area contributed by atoms with Crippen molar-refractivity contribution in [3.63, 3.8) is 0 Å². The predicted octanol–water partition coefficient (Wildman–Crippen LogP) is -1.51. The monoisotopic (exact) mass is 698 g/mol. The van der Waals surface area contributed by atoms with Crippen LogP contribution in [0.2, 0.25) is 0 Å². The van der Waals surface area contributed by atoms with E-state index in [0.717, 1.165) is 5.01 Å². The number of nitrogens with zero attached hydrogens (tertiary/aromatic N) is 2. The van der Waals surface area contributed by atoms with Gasteiger partial charge in [0, 0.05) is 38.2 Å². The average molecular weight is 699 g/mol. The lowest BCUT2D eigenvalue weighted by molar-refractivity contribution is -0.138.